The average Bonchev–Trinajstić information content (AvgIpc) is 2.52. The fraction of sp³-hybridized carbons (Fsp3) is 0.125. The second-order valence-electron chi connectivity index (χ2n) is 4.47. The lowest BCUT2D eigenvalue weighted by atomic mass is 10.2. The van der Waals surface area contributed by atoms with Gasteiger partial charge in [-0.3, -0.25) is 4.79 Å². The van der Waals surface area contributed by atoms with Gasteiger partial charge in [0.1, 0.15) is 0 Å². The maximum absolute atomic E-state index is 12.1. The third-order valence-corrected chi connectivity index (χ3v) is 3.13. The van der Waals surface area contributed by atoms with E-state index < -0.39 is 11.4 Å². The smallest absolute Gasteiger partial charge is 0.325 e. The van der Waals surface area contributed by atoms with Gasteiger partial charge in [-0.2, -0.15) is 0 Å². The summed E-state index contributed by atoms with van der Waals surface area (Å²) in [6.07, 6.45) is 0. The molecule has 0 radical (unpaired) electrons. The molecule has 3 amide bonds. The second kappa shape index (κ2) is 7.45. The van der Waals surface area contributed by atoms with Crippen molar-refractivity contribution in [3.63, 3.8) is 0 Å². The number of carbonyl (C=O) groups is 2. The highest BCUT2D eigenvalue weighted by molar-refractivity contribution is 6.63. The predicted octanol–water partition coefficient (Wildman–Crippen LogP) is 3.76. The van der Waals surface area contributed by atoms with Gasteiger partial charge in [0.2, 0.25) is 0 Å². The number of nitrogens with one attached hydrogen (secondary N) is 1. The van der Waals surface area contributed by atoms with Crippen LogP contribution < -0.4 is 5.32 Å². The summed E-state index contributed by atoms with van der Waals surface area (Å²) in [6, 6.07) is 18.2. The summed E-state index contributed by atoms with van der Waals surface area (Å²) in [5.74, 6) is 0. The van der Waals surface area contributed by atoms with E-state index in [9.17, 15) is 9.59 Å². The van der Waals surface area contributed by atoms with Crippen molar-refractivity contribution < 1.29 is 9.59 Å². The lowest BCUT2D eigenvalue weighted by molar-refractivity contribution is 0.196. The number of imide groups is 1. The first-order chi connectivity index (χ1) is 10.2. The van der Waals surface area contributed by atoms with Crippen molar-refractivity contribution >= 4 is 23.0 Å². The average molecular weight is 303 g/mol. The minimum absolute atomic E-state index is 0.143. The first-order valence-corrected chi connectivity index (χ1v) is 6.87. The molecule has 5 heteroatoms. The minimum atomic E-state index is -0.801. The molecule has 0 atom stereocenters. The molecule has 0 spiro atoms. The monoisotopic (exact) mass is 302 g/mol. The number of halogens is 1. The molecule has 0 unspecified atom stereocenters. The van der Waals surface area contributed by atoms with Crippen LogP contribution in [0.5, 0.6) is 0 Å². The van der Waals surface area contributed by atoms with E-state index in [-0.39, 0.29) is 6.54 Å². The Hall–Kier alpha value is -2.33. The van der Waals surface area contributed by atoms with Gasteiger partial charge in [0.15, 0.2) is 0 Å². The van der Waals surface area contributed by atoms with Gasteiger partial charge >= 0.3 is 11.4 Å². The third-order valence-electron chi connectivity index (χ3n) is 2.93. The zero-order valence-corrected chi connectivity index (χ0v) is 12.1. The Morgan fingerprint density at radius 1 is 0.905 bits per heavy atom. The number of benzene rings is 2. The molecular weight excluding hydrogens is 288 g/mol. The van der Waals surface area contributed by atoms with E-state index in [1.165, 1.54) is 0 Å². The highest BCUT2D eigenvalue weighted by Gasteiger charge is 2.19. The number of amides is 3. The minimum Gasteiger partial charge on any atom is -0.334 e. The zero-order valence-electron chi connectivity index (χ0n) is 11.3. The van der Waals surface area contributed by atoms with E-state index in [1.54, 1.807) is 0 Å². The summed E-state index contributed by atoms with van der Waals surface area (Å²) >= 11 is 5.50. The number of nitrogens with zero attached hydrogens (tertiary/aromatic N) is 1. The molecule has 0 saturated heterocycles. The van der Waals surface area contributed by atoms with Crippen LogP contribution in [0.25, 0.3) is 0 Å². The van der Waals surface area contributed by atoms with Crippen molar-refractivity contribution in [1.82, 2.24) is 10.2 Å². The number of rotatable bonds is 4. The van der Waals surface area contributed by atoms with Gasteiger partial charge in [-0.15, -0.1) is 0 Å². The van der Waals surface area contributed by atoms with Crippen molar-refractivity contribution in [2.24, 2.45) is 0 Å². The van der Waals surface area contributed by atoms with E-state index >= 15 is 0 Å². The molecule has 0 aliphatic carbocycles. The Bertz CT molecular complexity index is 602. The molecule has 4 nitrogen and oxygen atoms in total. The van der Waals surface area contributed by atoms with Gasteiger partial charge in [0.05, 0.1) is 6.54 Å². The highest BCUT2D eigenvalue weighted by atomic mass is 35.5. The van der Waals surface area contributed by atoms with Crippen LogP contribution in [0.15, 0.2) is 60.7 Å². The standard InChI is InChI=1S/C16H15ClN2O2/c17-15(20)19(12-14-9-5-2-6-10-14)16(21)18-11-13-7-3-1-4-8-13/h1-10H,11-12H2,(H,18,21). The third kappa shape index (κ3) is 4.61. The Kier molecular flexibility index (Phi) is 5.35. The molecule has 0 bridgehead atoms. The lowest BCUT2D eigenvalue weighted by Gasteiger charge is -2.18. The molecule has 0 aliphatic heterocycles. The summed E-state index contributed by atoms with van der Waals surface area (Å²) < 4.78 is 0. The Morgan fingerprint density at radius 3 is 1.95 bits per heavy atom. The fourth-order valence-corrected chi connectivity index (χ4v) is 1.99. The molecule has 2 rings (SSSR count). The summed E-state index contributed by atoms with van der Waals surface area (Å²) in [6.45, 7) is 0.485. The Balaban J connectivity index is 1.98. The molecular formula is C16H15ClN2O2. The number of urea groups is 1. The predicted molar refractivity (Wildman–Crippen MR) is 81.9 cm³/mol. The van der Waals surface area contributed by atoms with E-state index in [2.05, 4.69) is 5.32 Å². The van der Waals surface area contributed by atoms with Crippen LogP contribution in [0.4, 0.5) is 9.59 Å². The molecule has 1 N–H and O–H groups in total. The van der Waals surface area contributed by atoms with Crippen LogP contribution in [0.3, 0.4) is 0 Å². The van der Waals surface area contributed by atoms with Crippen LogP contribution in [0.2, 0.25) is 0 Å². The van der Waals surface area contributed by atoms with Gasteiger partial charge < -0.3 is 5.32 Å². The fourth-order valence-electron chi connectivity index (χ4n) is 1.85. The van der Waals surface area contributed by atoms with Crippen LogP contribution in [-0.4, -0.2) is 16.3 Å². The lowest BCUT2D eigenvalue weighted by Crippen LogP contribution is -2.40. The molecule has 2 aromatic carbocycles. The summed E-state index contributed by atoms with van der Waals surface area (Å²) in [7, 11) is 0. The summed E-state index contributed by atoms with van der Waals surface area (Å²) in [4.78, 5) is 24.5. The van der Waals surface area contributed by atoms with Crippen molar-refractivity contribution in [2.45, 2.75) is 13.1 Å². The van der Waals surface area contributed by atoms with Gasteiger partial charge in [-0.25, -0.2) is 9.69 Å². The van der Waals surface area contributed by atoms with Crippen LogP contribution in [0, 0.1) is 0 Å². The van der Waals surface area contributed by atoms with Gasteiger partial charge in [0.25, 0.3) is 0 Å². The Morgan fingerprint density at radius 2 is 1.43 bits per heavy atom. The van der Waals surface area contributed by atoms with Crippen LogP contribution in [-0.2, 0) is 13.1 Å². The largest absolute Gasteiger partial charge is 0.334 e. The first-order valence-electron chi connectivity index (χ1n) is 6.49. The van der Waals surface area contributed by atoms with E-state index in [1.807, 2.05) is 60.7 Å². The first kappa shape index (κ1) is 15.1. The summed E-state index contributed by atoms with van der Waals surface area (Å²) in [5.41, 5.74) is 1.79. The normalized spacial score (nSPS) is 9.95. The van der Waals surface area contributed by atoms with Crippen LogP contribution in [0.1, 0.15) is 11.1 Å². The molecule has 0 aliphatic rings. The molecule has 0 fully saturated rings. The number of carbonyl (C=O) groups excluding carboxylic acids is 2. The quantitative estimate of drug-likeness (QED) is 0.690. The molecule has 108 valence electrons. The number of hydrogen-bond acceptors (Lipinski definition) is 2. The van der Waals surface area contributed by atoms with Crippen LogP contribution >= 0.6 is 11.6 Å². The second-order valence-corrected chi connectivity index (χ2v) is 4.79. The molecule has 0 heterocycles. The molecule has 0 aromatic heterocycles. The molecule has 0 saturated carbocycles. The topological polar surface area (TPSA) is 49.4 Å². The number of hydrogen-bond donors (Lipinski definition) is 1. The van der Waals surface area contributed by atoms with Crippen molar-refractivity contribution in [1.29, 1.82) is 0 Å². The summed E-state index contributed by atoms with van der Waals surface area (Å²) in [5, 5.41) is 1.88. The van der Waals surface area contributed by atoms with E-state index in [0.29, 0.717) is 6.54 Å². The van der Waals surface area contributed by atoms with Crippen molar-refractivity contribution in [3.05, 3.63) is 71.8 Å². The zero-order chi connectivity index (χ0) is 15.1. The highest BCUT2D eigenvalue weighted by Crippen LogP contribution is 2.08. The Labute approximate surface area is 128 Å². The molecule has 2 aromatic rings. The molecule has 21 heavy (non-hydrogen) atoms. The SMILES string of the molecule is O=C(Cl)N(Cc1ccccc1)C(=O)NCc1ccccc1. The van der Waals surface area contributed by atoms with E-state index in [4.69, 9.17) is 11.6 Å². The van der Waals surface area contributed by atoms with Crippen molar-refractivity contribution in [2.75, 3.05) is 0 Å². The van der Waals surface area contributed by atoms with Crippen molar-refractivity contribution in [3.8, 4) is 0 Å². The maximum atomic E-state index is 12.1. The van der Waals surface area contributed by atoms with Gasteiger partial charge in [-0.1, -0.05) is 60.7 Å². The van der Waals surface area contributed by atoms with E-state index in [0.717, 1.165) is 16.0 Å². The van der Waals surface area contributed by atoms with Gasteiger partial charge in [0, 0.05) is 6.54 Å². The maximum Gasteiger partial charge on any atom is 0.325 e. The van der Waals surface area contributed by atoms with Gasteiger partial charge in [-0.05, 0) is 22.7 Å².